The minimum atomic E-state index is -0.963. The first kappa shape index (κ1) is 19.1. The van der Waals surface area contributed by atoms with Crippen molar-refractivity contribution in [2.75, 3.05) is 13.6 Å². The van der Waals surface area contributed by atoms with Crippen LogP contribution in [0.3, 0.4) is 0 Å². The molecule has 0 aliphatic heterocycles. The third kappa shape index (κ3) is 4.63. The number of hydrogen-bond donors (Lipinski definition) is 1. The molecule has 0 atom stereocenters. The molecule has 2 rings (SSSR count). The number of aryl methyl sites for hydroxylation is 2. The SMILES string of the molecule is Cc1cc(C)nc(-n2cc(C(=O)N(C)CC(C)(C)O)c(C(C)C)n2)n1. The van der Waals surface area contributed by atoms with Crippen LogP contribution in [0.4, 0.5) is 0 Å². The second-order valence-corrected chi connectivity index (χ2v) is 7.45. The minimum Gasteiger partial charge on any atom is -0.389 e. The van der Waals surface area contributed by atoms with E-state index in [0.29, 0.717) is 17.2 Å². The van der Waals surface area contributed by atoms with Crippen molar-refractivity contribution in [1.82, 2.24) is 24.6 Å². The van der Waals surface area contributed by atoms with Gasteiger partial charge < -0.3 is 10.0 Å². The molecular weight excluding hydrogens is 318 g/mol. The Morgan fingerprint density at radius 1 is 1.28 bits per heavy atom. The van der Waals surface area contributed by atoms with E-state index in [1.54, 1.807) is 31.8 Å². The van der Waals surface area contributed by atoms with Crippen LogP contribution < -0.4 is 0 Å². The summed E-state index contributed by atoms with van der Waals surface area (Å²) < 4.78 is 1.56. The van der Waals surface area contributed by atoms with Crippen molar-refractivity contribution in [2.45, 2.75) is 53.1 Å². The van der Waals surface area contributed by atoms with Gasteiger partial charge in [0.05, 0.1) is 16.9 Å². The highest BCUT2D eigenvalue weighted by molar-refractivity contribution is 5.95. The van der Waals surface area contributed by atoms with Crippen molar-refractivity contribution in [3.63, 3.8) is 0 Å². The predicted octanol–water partition coefficient (Wildman–Crippen LogP) is 2.25. The molecular formula is C18H27N5O2. The summed E-state index contributed by atoms with van der Waals surface area (Å²) in [6, 6.07) is 1.89. The molecule has 7 heteroatoms. The molecule has 1 N–H and O–H groups in total. The van der Waals surface area contributed by atoms with Crippen LogP contribution in [0.25, 0.3) is 5.95 Å². The summed E-state index contributed by atoms with van der Waals surface area (Å²) in [6.07, 6.45) is 1.67. The average molecular weight is 345 g/mol. The number of rotatable bonds is 5. The van der Waals surface area contributed by atoms with E-state index in [1.807, 2.05) is 33.8 Å². The Bertz CT molecular complexity index is 754. The average Bonchev–Trinajstić information content (AvgIpc) is 2.88. The first-order chi connectivity index (χ1) is 11.5. The fraction of sp³-hybridized carbons (Fsp3) is 0.556. The number of aliphatic hydroxyl groups is 1. The van der Waals surface area contributed by atoms with Gasteiger partial charge >= 0.3 is 0 Å². The molecule has 1 amide bonds. The summed E-state index contributed by atoms with van der Waals surface area (Å²) in [6.45, 7) is 11.3. The summed E-state index contributed by atoms with van der Waals surface area (Å²) in [4.78, 5) is 23.2. The van der Waals surface area contributed by atoms with Crippen LogP contribution in [-0.2, 0) is 0 Å². The van der Waals surface area contributed by atoms with E-state index in [9.17, 15) is 9.90 Å². The number of hydrogen-bond acceptors (Lipinski definition) is 5. The summed E-state index contributed by atoms with van der Waals surface area (Å²) in [5, 5.41) is 14.5. The molecule has 0 radical (unpaired) electrons. The molecule has 0 spiro atoms. The van der Waals surface area contributed by atoms with Gasteiger partial charge in [0, 0.05) is 31.2 Å². The molecule has 7 nitrogen and oxygen atoms in total. The van der Waals surface area contributed by atoms with Gasteiger partial charge in [0.25, 0.3) is 11.9 Å². The molecule has 0 unspecified atom stereocenters. The maximum Gasteiger partial charge on any atom is 0.257 e. The maximum atomic E-state index is 12.8. The second-order valence-electron chi connectivity index (χ2n) is 7.45. The second kappa shape index (κ2) is 6.92. The molecule has 2 aromatic rings. The molecule has 2 aromatic heterocycles. The van der Waals surface area contributed by atoms with Crippen LogP contribution in [0.5, 0.6) is 0 Å². The zero-order valence-corrected chi connectivity index (χ0v) is 16.0. The Morgan fingerprint density at radius 3 is 2.32 bits per heavy atom. The summed E-state index contributed by atoms with van der Waals surface area (Å²) in [7, 11) is 1.68. The summed E-state index contributed by atoms with van der Waals surface area (Å²) >= 11 is 0. The smallest absolute Gasteiger partial charge is 0.257 e. The van der Waals surface area contributed by atoms with Crippen LogP contribution in [-0.4, -0.2) is 54.9 Å². The Morgan fingerprint density at radius 2 is 1.84 bits per heavy atom. The molecule has 0 aliphatic rings. The lowest BCUT2D eigenvalue weighted by Crippen LogP contribution is -2.39. The Kier molecular flexibility index (Phi) is 5.27. The zero-order chi connectivity index (χ0) is 18.9. The number of amides is 1. The highest BCUT2D eigenvalue weighted by atomic mass is 16.3. The van der Waals surface area contributed by atoms with Crippen LogP contribution in [0.2, 0.25) is 0 Å². The summed E-state index contributed by atoms with van der Waals surface area (Å²) in [5.74, 6) is 0.340. The Labute approximate surface area is 148 Å². The van der Waals surface area contributed by atoms with Gasteiger partial charge in [-0.05, 0) is 39.7 Å². The van der Waals surface area contributed by atoms with Crippen LogP contribution in [0, 0.1) is 13.8 Å². The van der Waals surface area contributed by atoms with Gasteiger partial charge in [-0.15, -0.1) is 0 Å². The van der Waals surface area contributed by atoms with E-state index < -0.39 is 5.60 Å². The number of carbonyl (C=O) groups excluding carboxylic acids is 1. The van der Waals surface area contributed by atoms with E-state index in [1.165, 1.54) is 4.90 Å². The Balaban J connectivity index is 2.45. The van der Waals surface area contributed by atoms with Gasteiger partial charge in [-0.1, -0.05) is 13.8 Å². The highest BCUT2D eigenvalue weighted by Gasteiger charge is 2.26. The fourth-order valence-corrected chi connectivity index (χ4v) is 2.75. The van der Waals surface area contributed by atoms with Crippen molar-refractivity contribution >= 4 is 5.91 Å². The lowest BCUT2D eigenvalue weighted by atomic mass is 10.0. The molecule has 0 aliphatic carbocycles. The van der Waals surface area contributed by atoms with Gasteiger partial charge in [0.2, 0.25) is 0 Å². The molecule has 0 fully saturated rings. The van der Waals surface area contributed by atoms with Crippen molar-refractivity contribution < 1.29 is 9.90 Å². The first-order valence-electron chi connectivity index (χ1n) is 8.38. The normalized spacial score (nSPS) is 11.9. The third-order valence-corrected chi connectivity index (χ3v) is 3.67. The largest absolute Gasteiger partial charge is 0.389 e. The first-order valence-corrected chi connectivity index (χ1v) is 8.38. The summed E-state index contributed by atoms with van der Waals surface area (Å²) in [5.41, 5.74) is 1.92. The molecule has 136 valence electrons. The number of likely N-dealkylation sites (N-methyl/N-ethyl adjacent to an activating group) is 1. The molecule has 0 saturated carbocycles. The van der Waals surface area contributed by atoms with E-state index in [4.69, 9.17) is 0 Å². The topological polar surface area (TPSA) is 84.1 Å². The standard InChI is InChI=1S/C18H27N5O2/c1-11(2)15-14(16(24)22(7)10-18(5,6)25)9-23(21-15)17-19-12(3)8-13(4)20-17/h8-9,11,25H,10H2,1-7H3. The molecule has 0 saturated heterocycles. The molecule has 0 aromatic carbocycles. The quantitative estimate of drug-likeness (QED) is 0.898. The van der Waals surface area contributed by atoms with E-state index >= 15 is 0 Å². The fourth-order valence-electron chi connectivity index (χ4n) is 2.75. The van der Waals surface area contributed by atoms with Gasteiger partial charge in [-0.25, -0.2) is 14.6 Å². The Hall–Kier alpha value is -2.28. The van der Waals surface area contributed by atoms with Crippen molar-refractivity contribution in [3.8, 4) is 5.95 Å². The van der Waals surface area contributed by atoms with Gasteiger partial charge in [0.1, 0.15) is 0 Å². The van der Waals surface area contributed by atoms with E-state index in [-0.39, 0.29) is 18.4 Å². The van der Waals surface area contributed by atoms with Gasteiger partial charge in [-0.3, -0.25) is 4.79 Å². The zero-order valence-electron chi connectivity index (χ0n) is 16.0. The van der Waals surface area contributed by atoms with Crippen LogP contribution >= 0.6 is 0 Å². The molecule has 0 bridgehead atoms. The lowest BCUT2D eigenvalue weighted by Gasteiger charge is -2.25. The molecule has 2 heterocycles. The number of aromatic nitrogens is 4. The molecule has 25 heavy (non-hydrogen) atoms. The predicted molar refractivity (Wildman–Crippen MR) is 96.0 cm³/mol. The van der Waals surface area contributed by atoms with E-state index in [0.717, 1.165) is 11.4 Å². The van der Waals surface area contributed by atoms with Crippen LogP contribution in [0.15, 0.2) is 12.3 Å². The van der Waals surface area contributed by atoms with Crippen LogP contribution in [0.1, 0.15) is 61.1 Å². The maximum absolute atomic E-state index is 12.8. The van der Waals surface area contributed by atoms with Gasteiger partial charge in [0.15, 0.2) is 0 Å². The number of nitrogens with zero attached hydrogens (tertiary/aromatic N) is 5. The minimum absolute atomic E-state index is 0.0710. The van der Waals surface area contributed by atoms with Gasteiger partial charge in [-0.2, -0.15) is 5.10 Å². The van der Waals surface area contributed by atoms with Crippen molar-refractivity contribution in [1.29, 1.82) is 0 Å². The third-order valence-electron chi connectivity index (χ3n) is 3.67. The van der Waals surface area contributed by atoms with Crippen molar-refractivity contribution in [3.05, 3.63) is 34.9 Å². The number of carbonyl (C=O) groups is 1. The monoisotopic (exact) mass is 345 g/mol. The van der Waals surface area contributed by atoms with E-state index in [2.05, 4.69) is 15.1 Å². The lowest BCUT2D eigenvalue weighted by molar-refractivity contribution is 0.0367. The van der Waals surface area contributed by atoms with Crippen molar-refractivity contribution in [2.24, 2.45) is 0 Å². The highest BCUT2D eigenvalue weighted by Crippen LogP contribution is 2.21.